The Morgan fingerprint density at radius 1 is 0.806 bits per heavy atom. The number of rotatable bonds is 17. The van der Waals surface area contributed by atoms with Gasteiger partial charge in [-0.1, -0.05) is 109 Å². The minimum Gasteiger partial charge on any atom is -0.502 e. The number of benzene rings is 2. The Balaban J connectivity index is 0.000000574. The third-order valence-electron chi connectivity index (χ3n) is 5.89. The highest BCUT2D eigenvalue weighted by Gasteiger charge is 2.06. The molecule has 0 radical (unpaired) electrons. The molecule has 0 aliphatic carbocycles. The molecule has 0 N–H and O–H groups in total. The van der Waals surface area contributed by atoms with Crippen molar-refractivity contribution in [2.75, 3.05) is 25.6 Å². The van der Waals surface area contributed by atoms with Crippen molar-refractivity contribution < 1.29 is 9.47 Å². The molecule has 4 heteroatoms. The van der Waals surface area contributed by atoms with Crippen molar-refractivity contribution in [2.24, 2.45) is 11.8 Å². The summed E-state index contributed by atoms with van der Waals surface area (Å²) in [7, 11) is 0. The molecule has 0 amide bonds. The highest BCUT2D eigenvalue weighted by molar-refractivity contribution is 7.99. The number of ether oxygens (including phenoxy) is 2. The third kappa shape index (κ3) is 21.9. The van der Waals surface area contributed by atoms with E-state index < -0.39 is 0 Å². The zero-order valence-electron chi connectivity index (χ0n) is 23.4. The summed E-state index contributed by atoms with van der Waals surface area (Å²) >= 11 is 5.96. The molecule has 0 bridgehead atoms. The molecule has 204 valence electrons. The quantitative estimate of drug-likeness (QED) is 0.0946. The van der Waals surface area contributed by atoms with Crippen LogP contribution in [-0.2, 0) is 9.47 Å². The van der Waals surface area contributed by atoms with E-state index in [-0.39, 0.29) is 0 Å². The first-order valence-corrected chi connectivity index (χ1v) is 15.3. The van der Waals surface area contributed by atoms with Crippen LogP contribution in [0.2, 0.25) is 0 Å². The summed E-state index contributed by atoms with van der Waals surface area (Å²) < 4.78 is 10.9. The largest absolute Gasteiger partial charge is 0.502 e. The fourth-order valence-electron chi connectivity index (χ4n) is 3.41. The van der Waals surface area contributed by atoms with Crippen LogP contribution in [0.3, 0.4) is 0 Å². The molecule has 0 fully saturated rings. The average Bonchev–Trinajstić information content (AvgIpc) is 2.92. The van der Waals surface area contributed by atoms with Crippen LogP contribution in [0.15, 0.2) is 83.3 Å². The molecule has 0 saturated heterocycles. The molecule has 2 aromatic rings. The van der Waals surface area contributed by atoms with Gasteiger partial charge in [0.15, 0.2) is 0 Å². The topological polar surface area (TPSA) is 18.5 Å². The van der Waals surface area contributed by atoms with Gasteiger partial charge in [0, 0.05) is 22.2 Å². The lowest BCUT2D eigenvalue weighted by Gasteiger charge is -2.14. The lowest BCUT2D eigenvalue weighted by Crippen LogP contribution is -2.10. The predicted octanol–water partition coefficient (Wildman–Crippen LogP) is 10.3. The van der Waals surface area contributed by atoms with E-state index in [1.54, 1.807) is 0 Å². The predicted molar refractivity (Wildman–Crippen MR) is 164 cm³/mol. The molecule has 0 saturated carbocycles. The Hall–Kier alpha value is -1.36. The van der Waals surface area contributed by atoms with Crippen LogP contribution >= 0.6 is 24.4 Å². The van der Waals surface area contributed by atoms with E-state index in [2.05, 4.69) is 77.2 Å². The van der Waals surface area contributed by atoms with Crippen LogP contribution in [0, 0.1) is 11.8 Å². The minimum absolute atomic E-state index is 0.730. The highest BCUT2D eigenvalue weighted by atomic mass is 32.2. The summed E-state index contributed by atoms with van der Waals surface area (Å²) in [4.78, 5) is 2.35. The van der Waals surface area contributed by atoms with E-state index >= 15 is 0 Å². The number of thioether (sulfide) groups is 1. The first-order valence-electron chi connectivity index (χ1n) is 13.8. The van der Waals surface area contributed by atoms with Gasteiger partial charge in [0.1, 0.15) is 0 Å². The van der Waals surface area contributed by atoms with E-state index in [0.29, 0.717) is 0 Å². The lowest BCUT2D eigenvalue weighted by molar-refractivity contribution is 0.106. The van der Waals surface area contributed by atoms with Crippen molar-refractivity contribution in [2.45, 2.75) is 88.9 Å². The summed E-state index contributed by atoms with van der Waals surface area (Å²) in [6, 6.07) is 20.3. The van der Waals surface area contributed by atoms with E-state index in [9.17, 15) is 0 Å². The maximum atomic E-state index is 5.78. The maximum absolute atomic E-state index is 5.78. The second-order valence-corrected chi connectivity index (χ2v) is 10.6. The van der Waals surface area contributed by atoms with Gasteiger partial charge in [-0.15, -0.1) is 24.4 Å². The summed E-state index contributed by atoms with van der Waals surface area (Å²) in [5, 5.41) is 0. The average molecular weight is 533 g/mol. The molecule has 2 unspecified atom stereocenters. The van der Waals surface area contributed by atoms with Gasteiger partial charge in [-0.3, -0.25) is 0 Å². The van der Waals surface area contributed by atoms with E-state index in [4.69, 9.17) is 9.47 Å². The van der Waals surface area contributed by atoms with Crippen LogP contribution in [0.4, 0.5) is 0 Å². The molecular formula is C32H52O2S2. The molecule has 2 aromatic carbocycles. The standard InChI is InChI=1S/C16H26OS.C10H20O.C6H6S/c1-3-5-9-15(4-2)14-17-12-13-18-16-10-7-6-8-11-16;1-4-7-8-10(5-2)9-11-6-3;7-6-4-2-1-3-5-6/h6-8,10-11,15H,3-5,9,12-14H2,1-2H3;6,10H,3-5,7-9H2,1-2H3;1-5,7H. The second-order valence-electron chi connectivity index (χ2n) is 8.90. The molecule has 2 rings (SSSR count). The third-order valence-corrected chi connectivity index (χ3v) is 7.16. The highest BCUT2D eigenvalue weighted by Crippen LogP contribution is 2.17. The van der Waals surface area contributed by atoms with Crippen molar-refractivity contribution in [1.29, 1.82) is 0 Å². The number of hydrogen-bond acceptors (Lipinski definition) is 4. The molecular weight excluding hydrogens is 480 g/mol. The summed E-state index contributed by atoms with van der Waals surface area (Å²) in [5.74, 6) is 2.54. The van der Waals surface area contributed by atoms with Crippen LogP contribution < -0.4 is 0 Å². The smallest absolute Gasteiger partial charge is 0.0901 e. The molecule has 0 aromatic heterocycles. The number of hydrogen-bond donors (Lipinski definition) is 1. The van der Waals surface area contributed by atoms with Gasteiger partial charge in [0.2, 0.25) is 0 Å². The van der Waals surface area contributed by atoms with Gasteiger partial charge in [0.25, 0.3) is 0 Å². The van der Waals surface area contributed by atoms with Crippen LogP contribution in [-0.4, -0.2) is 25.6 Å². The number of unbranched alkanes of at least 4 members (excludes halogenated alkanes) is 2. The SMILES string of the molecule is C=COCC(CC)CCCC.CCCCC(CC)COCCSc1ccccc1.Sc1ccccc1. The molecule has 0 heterocycles. The van der Waals surface area contributed by atoms with Crippen molar-refractivity contribution >= 4 is 24.4 Å². The molecule has 2 atom stereocenters. The molecule has 36 heavy (non-hydrogen) atoms. The Labute approximate surface area is 233 Å². The summed E-state index contributed by atoms with van der Waals surface area (Å²) in [6.45, 7) is 15.1. The zero-order chi connectivity index (χ0) is 26.7. The van der Waals surface area contributed by atoms with Gasteiger partial charge in [0.05, 0.1) is 19.5 Å². The second kappa shape index (κ2) is 26.7. The monoisotopic (exact) mass is 532 g/mol. The fraction of sp³-hybridized carbons (Fsp3) is 0.562. The molecule has 0 aliphatic rings. The molecule has 2 nitrogen and oxygen atoms in total. The number of thiol groups is 1. The summed E-state index contributed by atoms with van der Waals surface area (Å²) in [6.07, 6.45) is 11.8. The van der Waals surface area contributed by atoms with Gasteiger partial charge in [-0.25, -0.2) is 0 Å². The lowest BCUT2D eigenvalue weighted by atomic mass is 10.0. The van der Waals surface area contributed by atoms with Gasteiger partial charge < -0.3 is 9.47 Å². The maximum Gasteiger partial charge on any atom is 0.0901 e. The first kappa shape index (κ1) is 34.6. The van der Waals surface area contributed by atoms with E-state index in [1.807, 2.05) is 42.1 Å². The van der Waals surface area contributed by atoms with Crippen LogP contribution in [0.25, 0.3) is 0 Å². The van der Waals surface area contributed by atoms with E-state index in [0.717, 1.165) is 42.3 Å². The van der Waals surface area contributed by atoms with Crippen LogP contribution in [0.1, 0.15) is 79.1 Å². The Bertz CT molecular complexity index is 694. The van der Waals surface area contributed by atoms with Crippen molar-refractivity contribution in [3.05, 3.63) is 73.5 Å². The van der Waals surface area contributed by atoms with Gasteiger partial charge >= 0.3 is 0 Å². The summed E-state index contributed by atoms with van der Waals surface area (Å²) in [5.41, 5.74) is 0. The van der Waals surface area contributed by atoms with Crippen molar-refractivity contribution in [3.63, 3.8) is 0 Å². The van der Waals surface area contributed by atoms with E-state index in [1.165, 1.54) is 62.5 Å². The van der Waals surface area contributed by atoms with Crippen molar-refractivity contribution in [3.8, 4) is 0 Å². The zero-order valence-corrected chi connectivity index (χ0v) is 25.1. The van der Waals surface area contributed by atoms with Gasteiger partial charge in [-0.2, -0.15) is 0 Å². The Morgan fingerprint density at radius 2 is 1.33 bits per heavy atom. The first-order chi connectivity index (χ1) is 17.6. The molecule has 0 aliphatic heterocycles. The molecule has 0 spiro atoms. The fourth-order valence-corrected chi connectivity index (χ4v) is 4.37. The van der Waals surface area contributed by atoms with Crippen LogP contribution in [0.5, 0.6) is 0 Å². The van der Waals surface area contributed by atoms with Crippen molar-refractivity contribution in [1.82, 2.24) is 0 Å². The minimum atomic E-state index is 0.730. The van der Waals surface area contributed by atoms with Gasteiger partial charge in [-0.05, 0) is 48.9 Å². The Kier molecular flexibility index (Phi) is 25.7. The normalized spacial score (nSPS) is 11.8. The Morgan fingerprint density at radius 3 is 1.78 bits per heavy atom.